The zero-order chi connectivity index (χ0) is 19.8. The number of hydrogen-bond acceptors (Lipinski definition) is 0. The van der Waals surface area contributed by atoms with E-state index < -0.39 is 16.6 Å². The normalized spacial score (nSPS) is 17.4. The van der Waals surface area contributed by atoms with Crippen molar-refractivity contribution in [3.05, 3.63) is 119 Å². The van der Waals surface area contributed by atoms with Crippen LogP contribution in [-0.2, 0) is 23.0 Å². The van der Waals surface area contributed by atoms with E-state index in [0.29, 0.717) is 8.45 Å². The maximum absolute atomic E-state index is 2.68. The molecule has 0 saturated carbocycles. The smallest absolute Gasteiger partial charge is 1.00 e. The predicted octanol–water partition coefficient (Wildman–Crippen LogP) is 1.01. The van der Waals surface area contributed by atoms with E-state index in [4.69, 9.17) is 0 Å². The van der Waals surface area contributed by atoms with Crippen LogP contribution < -0.4 is 24.8 Å². The minimum absolute atomic E-state index is 0. The Morgan fingerprint density at radius 1 is 0.742 bits per heavy atom. The van der Waals surface area contributed by atoms with Gasteiger partial charge in [0.25, 0.3) is 0 Å². The van der Waals surface area contributed by atoms with Gasteiger partial charge in [-0.3, -0.25) is 0 Å². The van der Waals surface area contributed by atoms with Gasteiger partial charge in [-0.15, -0.1) is 0 Å². The topological polar surface area (TPSA) is 0 Å². The fourth-order valence-corrected chi connectivity index (χ4v) is 17.6. The number of fused-ring (bicyclic) bond motifs is 2. The van der Waals surface area contributed by atoms with Gasteiger partial charge >= 0.3 is 181 Å². The molecule has 0 unspecified atom stereocenters. The summed E-state index contributed by atoms with van der Waals surface area (Å²) in [5.41, 5.74) is 9.12. The summed E-state index contributed by atoms with van der Waals surface area (Å²) in [4.78, 5) is 0. The summed E-state index contributed by atoms with van der Waals surface area (Å²) in [5, 5.41) is 0. The molecule has 3 aromatic carbocycles. The number of benzene rings is 3. The Hall–Kier alpha value is -1.35. The molecule has 0 fully saturated rings. The number of halogens is 2. The molecule has 0 spiro atoms. The van der Waals surface area contributed by atoms with Crippen molar-refractivity contribution < 1.29 is 41.4 Å². The van der Waals surface area contributed by atoms with E-state index >= 15 is 0 Å². The third-order valence-electron chi connectivity index (χ3n) is 6.29. The van der Waals surface area contributed by atoms with Crippen LogP contribution in [0, 0.1) is 0 Å². The summed E-state index contributed by atoms with van der Waals surface area (Å²) in [6.07, 6.45) is 8.31. The Morgan fingerprint density at radius 3 is 2.13 bits per heavy atom. The monoisotopic (exact) mass is 496 g/mol. The van der Waals surface area contributed by atoms with Crippen molar-refractivity contribution >= 4 is 17.8 Å². The molecule has 0 bridgehead atoms. The molecule has 0 heterocycles. The van der Waals surface area contributed by atoms with Crippen LogP contribution in [0.15, 0.2) is 91.0 Å². The van der Waals surface area contributed by atoms with Crippen molar-refractivity contribution in [3.8, 4) is 0 Å². The van der Waals surface area contributed by atoms with E-state index in [1.165, 1.54) is 16.7 Å². The predicted molar refractivity (Wildman–Crippen MR) is 123 cm³/mol. The van der Waals surface area contributed by atoms with Crippen molar-refractivity contribution in [2.75, 3.05) is 0 Å². The summed E-state index contributed by atoms with van der Waals surface area (Å²) < 4.78 is 1.37. The Morgan fingerprint density at radius 2 is 1.39 bits per heavy atom. The first kappa shape index (κ1) is 24.3. The Labute approximate surface area is 204 Å². The molecule has 2 aliphatic rings. The maximum Gasteiger partial charge on any atom is -1.00 e. The van der Waals surface area contributed by atoms with Gasteiger partial charge in [0.05, 0.1) is 0 Å². The van der Waals surface area contributed by atoms with Gasteiger partial charge in [0.15, 0.2) is 0 Å². The molecular weight excluding hydrogens is 471 g/mol. The van der Waals surface area contributed by atoms with Crippen molar-refractivity contribution in [1.29, 1.82) is 0 Å². The second-order valence-electron chi connectivity index (χ2n) is 8.34. The first-order valence-corrected chi connectivity index (χ1v) is 17.1. The summed E-state index contributed by atoms with van der Waals surface area (Å²) in [7, 11) is 0. The quantitative estimate of drug-likeness (QED) is 0.473. The molecule has 3 aromatic rings. The van der Waals surface area contributed by atoms with E-state index in [0.717, 1.165) is 6.42 Å². The molecule has 31 heavy (non-hydrogen) atoms. The van der Waals surface area contributed by atoms with Gasteiger partial charge in [-0.2, -0.15) is 0 Å². The van der Waals surface area contributed by atoms with Crippen LogP contribution >= 0.6 is 0 Å². The van der Waals surface area contributed by atoms with Crippen molar-refractivity contribution in [3.63, 3.8) is 0 Å². The number of hydrogen-bond donors (Lipinski definition) is 0. The zero-order valence-corrected chi connectivity index (χ0v) is 21.9. The third kappa shape index (κ3) is 4.72. The molecule has 0 amide bonds. The van der Waals surface area contributed by atoms with Gasteiger partial charge in [0.2, 0.25) is 0 Å². The van der Waals surface area contributed by atoms with E-state index in [-0.39, 0.29) is 31.0 Å². The largest absolute Gasteiger partial charge is 1.00 e. The summed E-state index contributed by atoms with van der Waals surface area (Å²) in [6.45, 7) is 5.14. The number of rotatable bonds is 4. The van der Waals surface area contributed by atoms with Crippen LogP contribution in [-0.4, -0.2) is 6.19 Å². The van der Waals surface area contributed by atoms with Crippen molar-refractivity contribution in [2.45, 2.75) is 28.0 Å². The molecule has 0 aromatic heterocycles. The maximum atomic E-state index is 2.68. The minimum atomic E-state index is -1.44. The fourth-order valence-electron chi connectivity index (χ4n) is 5.00. The molecule has 0 aliphatic heterocycles. The van der Waals surface area contributed by atoms with Crippen LogP contribution in [0.5, 0.6) is 0 Å². The van der Waals surface area contributed by atoms with Crippen LogP contribution in [0.4, 0.5) is 0 Å². The van der Waals surface area contributed by atoms with Crippen LogP contribution in [0.2, 0.25) is 13.1 Å². The van der Waals surface area contributed by atoms with E-state index in [2.05, 4.69) is 110 Å². The van der Waals surface area contributed by atoms with Gasteiger partial charge in [0, 0.05) is 0 Å². The van der Waals surface area contributed by atoms with E-state index in [1.807, 2.05) is 0 Å². The van der Waals surface area contributed by atoms with Crippen molar-refractivity contribution in [1.82, 2.24) is 0 Å². The molecule has 0 radical (unpaired) electrons. The Balaban J connectivity index is 0.00000136. The third-order valence-corrected chi connectivity index (χ3v) is 19.0. The van der Waals surface area contributed by atoms with Gasteiger partial charge < -0.3 is 24.8 Å². The van der Waals surface area contributed by atoms with Crippen molar-refractivity contribution in [2.24, 2.45) is 0 Å². The minimum Gasteiger partial charge on any atom is -1.00 e. The Kier molecular flexibility index (Phi) is 8.24. The SMILES string of the molecule is C[Si](C)=[Ti+2]([C@@H]1C=C(Cc2ccccc2)c2ccccc21)[C@H]1C=Cc2ccccc21.[Cl-].[Cl-]. The van der Waals surface area contributed by atoms with E-state index in [9.17, 15) is 0 Å². The van der Waals surface area contributed by atoms with Crippen LogP contribution in [0.3, 0.4) is 0 Å². The molecule has 4 heteroatoms. The average molecular weight is 497 g/mol. The zero-order valence-electron chi connectivity index (χ0n) is 17.9. The molecule has 2 atom stereocenters. The van der Waals surface area contributed by atoms with Gasteiger partial charge in [0.1, 0.15) is 0 Å². The molecule has 2 aliphatic carbocycles. The molecule has 5 rings (SSSR count). The second kappa shape index (κ2) is 10.5. The van der Waals surface area contributed by atoms with Crippen LogP contribution in [0.1, 0.15) is 36.3 Å². The number of allylic oxidation sites excluding steroid dienone is 3. The molecule has 0 nitrogen and oxygen atoms in total. The van der Waals surface area contributed by atoms with Gasteiger partial charge in [-0.25, -0.2) is 0 Å². The Bertz CT molecular complexity index is 1160. The molecule has 0 N–H and O–H groups in total. The van der Waals surface area contributed by atoms with Gasteiger partial charge in [-0.1, -0.05) is 0 Å². The summed E-state index contributed by atoms with van der Waals surface area (Å²) >= 11 is -1.44. The molecule has 0 saturated heterocycles. The average Bonchev–Trinajstić information content (AvgIpc) is 3.32. The van der Waals surface area contributed by atoms with E-state index in [1.54, 1.807) is 16.7 Å². The second-order valence-corrected chi connectivity index (χ2v) is 20.8. The van der Waals surface area contributed by atoms with Gasteiger partial charge in [-0.05, 0) is 0 Å². The molecule has 156 valence electrons. The first-order valence-electron chi connectivity index (χ1n) is 10.5. The molecular formula is C27H26Cl2SiTi. The fraction of sp³-hybridized carbons (Fsp3) is 0.185. The van der Waals surface area contributed by atoms with Crippen LogP contribution in [0.25, 0.3) is 11.6 Å². The standard InChI is InChI=1S/C16H13.C9H7.C2H6Si.2ClH.Ti/c1-2-6-13(7-3-1)12-15-11-10-14-8-4-5-9-16(14)15;1-2-5-9-7-3-6-8(9)4-1;1-3-2;;;/h1-11H,12H2;1-7H;1-2H3;2*1H;/q;;;;;+2/p-2. The summed E-state index contributed by atoms with van der Waals surface area (Å²) in [6, 6.07) is 29.3. The summed E-state index contributed by atoms with van der Waals surface area (Å²) in [5.74, 6) is 0. The first-order chi connectivity index (χ1) is 14.2.